The first-order chi connectivity index (χ1) is 11.6. The molecule has 24 heavy (non-hydrogen) atoms. The second-order valence-corrected chi connectivity index (χ2v) is 8.00. The number of fused-ring (bicyclic) bond motifs is 1. The number of sulfonamides is 1. The highest BCUT2D eigenvalue weighted by atomic mass is 32.2. The fraction of sp³-hybridized carbons (Fsp3) is 0.294. The number of rotatable bonds is 3. The van der Waals surface area contributed by atoms with Crippen LogP contribution in [-0.2, 0) is 10.0 Å². The zero-order valence-electron chi connectivity index (χ0n) is 13.1. The van der Waals surface area contributed by atoms with Gasteiger partial charge in [-0.2, -0.15) is 9.40 Å². The number of nitrogens with zero attached hydrogens (tertiary/aromatic N) is 3. The van der Waals surface area contributed by atoms with E-state index < -0.39 is 10.0 Å². The van der Waals surface area contributed by atoms with Gasteiger partial charge >= 0.3 is 0 Å². The third-order valence-corrected chi connectivity index (χ3v) is 6.38. The summed E-state index contributed by atoms with van der Waals surface area (Å²) in [6.07, 6.45) is 3.51. The van der Waals surface area contributed by atoms with E-state index in [9.17, 15) is 8.42 Å². The van der Waals surface area contributed by atoms with Crippen molar-refractivity contribution >= 4 is 21.1 Å². The molecule has 1 aromatic carbocycles. The molecule has 0 saturated carbocycles. The number of hydrogen-bond donors (Lipinski definition) is 1. The second kappa shape index (κ2) is 5.99. The molecule has 4 rings (SSSR count). The van der Waals surface area contributed by atoms with Crippen molar-refractivity contribution in [3.05, 3.63) is 54.4 Å². The van der Waals surface area contributed by atoms with Crippen molar-refractivity contribution < 1.29 is 8.42 Å². The summed E-state index contributed by atoms with van der Waals surface area (Å²) in [5.41, 5.74) is 1.66. The lowest BCUT2D eigenvalue weighted by Crippen LogP contribution is -2.39. The predicted octanol–water partition coefficient (Wildman–Crippen LogP) is 2.53. The van der Waals surface area contributed by atoms with Gasteiger partial charge in [-0.15, -0.1) is 0 Å². The van der Waals surface area contributed by atoms with Crippen LogP contribution in [0.1, 0.15) is 24.5 Å². The summed E-state index contributed by atoms with van der Waals surface area (Å²) in [5, 5.41) is 7.82. The molecular weight excluding hydrogens is 324 g/mol. The van der Waals surface area contributed by atoms with Crippen molar-refractivity contribution in [1.29, 1.82) is 0 Å². The van der Waals surface area contributed by atoms with E-state index in [1.54, 1.807) is 34.8 Å². The summed E-state index contributed by atoms with van der Waals surface area (Å²) in [4.78, 5) is 4.96. The molecule has 0 radical (unpaired) electrons. The van der Waals surface area contributed by atoms with E-state index in [1.807, 2.05) is 18.2 Å². The van der Waals surface area contributed by atoms with Gasteiger partial charge < -0.3 is 0 Å². The molecule has 0 bridgehead atoms. The molecule has 6 nitrogen and oxygen atoms in total. The fourth-order valence-corrected chi connectivity index (χ4v) is 4.76. The quantitative estimate of drug-likeness (QED) is 0.793. The maximum Gasteiger partial charge on any atom is 0.243 e. The summed E-state index contributed by atoms with van der Waals surface area (Å²) in [5.74, 6) is 0.102. The van der Waals surface area contributed by atoms with Crippen LogP contribution in [0.5, 0.6) is 0 Å². The van der Waals surface area contributed by atoms with Gasteiger partial charge in [-0.3, -0.25) is 5.10 Å². The Balaban J connectivity index is 1.61. The first-order valence-electron chi connectivity index (χ1n) is 8.00. The highest BCUT2D eigenvalue weighted by molar-refractivity contribution is 7.89. The molecule has 1 aliphatic heterocycles. The van der Waals surface area contributed by atoms with E-state index in [-0.39, 0.29) is 5.92 Å². The highest BCUT2D eigenvalue weighted by Gasteiger charge is 2.31. The van der Waals surface area contributed by atoms with E-state index in [0.717, 1.165) is 29.6 Å². The Bertz CT molecular complexity index is 953. The molecule has 1 saturated heterocycles. The zero-order chi connectivity index (χ0) is 16.6. The van der Waals surface area contributed by atoms with Gasteiger partial charge in [0.2, 0.25) is 10.0 Å². The molecular formula is C17H18N4O2S. The second-order valence-electron chi connectivity index (χ2n) is 6.06. The van der Waals surface area contributed by atoms with Gasteiger partial charge in [-0.25, -0.2) is 13.4 Å². The summed E-state index contributed by atoms with van der Waals surface area (Å²) in [6, 6.07) is 12.6. The molecule has 1 N–H and O–H groups in total. The van der Waals surface area contributed by atoms with E-state index >= 15 is 0 Å². The van der Waals surface area contributed by atoms with E-state index in [2.05, 4.69) is 15.2 Å². The van der Waals surface area contributed by atoms with Crippen molar-refractivity contribution in [1.82, 2.24) is 19.5 Å². The monoisotopic (exact) mass is 342 g/mol. The fourth-order valence-electron chi connectivity index (χ4n) is 3.21. The Hall–Kier alpha value is -2.25. The van der Waals surface area contributed by atoms with Gasteiger partial charge in [0, 0.05) is 30.1 Å². The minimum atomic E-state index is -3.45. The molecule has 0 amide bonds. The van der Waals surface area contributed by atoms with Gasteiger partial charge in [-0.05, 0) is 37.1 Å². The SMILES string of the molecule is O=S(=O)(c1ccccc1)N1CCC[C@H](c2ccc3cn[nH]c3n2)C1. The van der Waals surface area contributed by atoms with Crippen molar-refractivity contribution in [2.75, 3.05) is 13.1 Å². The van der Waals surface area contributed by atoms with Crippen LogP contribution in [-0.4, -0.2) is 41.0 Å². The number of piperidine rings is 1. The van der Waals surface area contributed by atoms with Crippen LogP contribution in [0, 0.1) is 0 Å². The summed E-state index contributed by atoms with van der Waals surface area (Å²) >= 11 is 0. The van der Waals surface area contributed by atoms with Crippen molar-refractivity contribution in [3.8, 4) is 0 Å². The number of aromatic nitrogens is 3. The van der Waals surface area contributed by atoms with E-state index in [4.69, 9.17) is 0 Å². The summed E-state index contributed by atoms with van der Waals surface area (Å²) in [6.45, 7) is 1.02. The molecule has 1 aliphatic rings. The Kier molecular flexibility index (Phi) is 3.82. The largest absolute Gasteiger partial charge is 0.261 e. The summed E-state index contributed by atoms with van der Waals surface area (Å²) < 4.78 is 27.2. The Labute approximate surface area is 140 Å². The number of benzene rings is 1. The summed E-state index contributed by atoms with van der Waals surface area (Å²) in [7, 11) is -3.45. The molecule has 3 aromatic rings. The van der Waals surface area contributed by atoms with Crippen molar-refractivity contribution in [2.24, 2.45) is 0 Å². The topological polar surface area (TPSA) is 79.0 Å². The van der Waals surface area contributed by atoms with Crippen LogP contribution in [0.3, 0.4) is 0 Å². The van der Waals surface area contributed by atoms with Crippen LogP contribution in [0.15, 0.2) is 53.6 Å². The normalized spacial score (nSPS) is 19.6. The van der Waals surface area contributed by atoms with Crippen LogP contribution in [0.2, 0.25) is 0 Å². The molecule has 3 heterocycles. The average Bonchev–Trinajstić information content (AvgIpc) is 3.10. The molecule has 1 atom stereocenters. The highest BCUT2D eigenvalue weighted by Crippen LogP contribution is 2.30. The lowest BCUT2D eigenvalue weighted by molar-refractivity contribution is 0.313. The Morgan fingerprint density at radius 2 is 1.96 bits per heavy atom. The molecule has 1 fully saturated rings. The number of hydrogen-bond acceptors (Lipinski definition) is 4. The van der Waals surface area contributed by atoms with Gasteiger partial charge in [0.1, 0.15) is 0 Å². The standard InChI is InChI=1S/C17H18N4O2S/c22-24(23,15-6-2-1-3-7-15)21-10-4-5-14(12-21)16-9-8-13-11-18-20-17(13)19-16/h1-3,6-9,11,14H,4-5,10,12H2,(H,18,19,20)/t14-/m0/s1. The smallest absolute Gasteiger partial charge is 0.243 e. The van der Waals surface area contributed by atoms with Crippen LogP contribution < -0.4 is 0 Å². The number of H-pyrrole nitrogens is 1. The lowest BCUT2D eigenvalue weighted by Gasteiger charge is -2.31. The molecule has 7 heteroatoms. The first kappa shape index (κ1) is 15.3. The zero-order valence-corrected chi connectivity index (χ0v) is 13.9. The predicted molar refractivity (Wildman–Crippen MR) is 91.1 cm³/mol. The van der Waals surface area contributed by atoms with Gasteiger partial charge in [0.05, 0.1) is 11.1 Å². The van der Waals surface area contributed by atoms with Crippen molar-refractivity contribution in [3.63, 3.8) is 0 Å². The lowest BCUT2D eigenvalue weighted by atomic mass is 9.95. The Morgan fingerprint density at radius 3 is 2.79 bits per heavy atom. The molecule has 124 valence electrons. The molecule has 0 spiro atoms. The van der Waals surface area contributed by atoms with Gasteiger partial charge in [0.15, 0.2) is 5.65 Å². The minimum absolute atomic E-state index is 0.102. The maximum atomic E-state index is 12.8. The average molecular weight is 342 g/mol. The third kappa shape index (κ3) is 2.70. The van der Waals surface area contributed by atoms with Crippen LogP contribution in [0.25, 0.3) is 11.0 Å². The maximum absolute atomic E-state index is 12.8. The minimum Gasteiger partial charge on any atom is -0.261 e. The third-order valence-electron chi connectivity index (χ3n) is 4.51. The van der Waals surface area contributed by atoms with E-state index in [1.165, 1.54) is 0 Å². The van der Waals surface area contributed by atoms with Gasteiger partial charge in [-0.1, -0.05) is 18.2 Å². The number of pyridine rings is 1. The van der Waals surface area contributed by atoms with Crippen molar-refractivity contribution in [2.45, 2.75) is 23.7 Å². The molecule has 2 aromatic heterocycles. The molecule has 0 aliphatic carbocycles. The first-order valence-corrected chi connectivity index (χ1v) is 9.44. The Morgan fingerprint density at radius 1 is 1.12 bits per heavy atom. The van der Waals surface area contributed by atoms with E-state index in [0.29, 0.717) is 18.0 Å². The van der Waals surface area contributed by atoms with Crippen LogP contribution >= 0.6 is 0 Å². The van der Waals surface area contributed by atoms with Gasteiger partial charge in [0.25, 0.3) is 0 Å². The molecule has 0 unspecified atom stereocenters. The number of aromatic amines is 1. The number of nitrogens with one attached hydrogen (secondary N) is 1. The van der Waals surface area contributed by atoms with Crippen LogP contribution in [0.4, 0.5) is 0 Å².